The summed E-state index contributed by atoms with van der Waals surface area (Å²) in [5, 5.41) is 1.75. The van der Waals surface area contributed by atoms with Gasteiger partial charge in [0.25, 0.3) is 16.0 Å². The minimum Gasteiger partial charge on any atom is -0.367 e. The monoisotopic (exact) mass is 463 g/mol. The van der Waals surface area contributed by atoms with Gasteiger partial charge in [-0.1, -0.05) is 13.0 Å². The fourth-order valence-electron chi connectivity index (χ4n) is 3.53. The van der Waals surface area contributed by atoms with Gasteiger partial charge < -0.3 is 16.0 Å². The second-order valence-electron chi connectivity index (χ2n) is 7.44. The average molecular weight is 463 g/mol. The number of H-pyrrole nitrogens is 1. The molecule has 0 aliphatic heterocycles. The highest BCUT2D eigenvalue weighted by Gasteiger charge is 2.33. The third-order valence-electron chi connectivity index (χ3n) is 4.88. The van der Waals surface area contributed by atoms with Gasteiger partial charge in [0.2, 0.25) is 0 Å². The summed E-state index contributed by atoms with van der Waals surface area (Å²) in [7, 11) is -4.69. The first-order valence-electron chi connectivity index (χ1n) is 9.69. The van der Waals surface area contributed by atoms with E-state index in [1.54, 1.807) is 0 Å². The van der Waals surface area contributed by atoms with Crippen molar-refractivity contribution < 1.29 is 27.0 Å². The number of halogens is 1. The van der Waals surface area contributed by atoms with Gasteiger partial charge in [-0.25, -0.2) is 14.4 Å². The molecule has 3 aromatic rings. The van der Waals surface area contributed by atoms with Crippen LogP contribution in [0.2, 0.25) is 0 Å². The van der Waals surface area contributed by atoms with Crippen LogP contribution >= 0.6 is 0 Å². The maximum Gasteiger partial charge on any atom is 0.272 e. The lowest BCUT2D eigenvalue weighted by atomic mass is 9.92. The Bertz CT molecular complexity index is 1320. The van der Waals surface area contributed by atoms with E-state index in [1.165, 1.54) is 19.4 Å². The van der Waals surface area contributed by atoms with E-state index in [4.69, 9.17) is 5.73 Å². The molecule has 5 N–H and O–H groups in total. The number of primary amides is 1. The van der Waals surface area contributed by atoms with E-state index < -0.39 is 44.0 Å². The smallest absolute Gasteiger partial charge is 0.272 e. The quantitative estimate of drug-likeness (QED) is 0.292. The Morgan fingerprint density at radius 2 is 1.94 bits per heavy atom. The molecular weight excluding hydrogens is 441 g/mol. The molecule has 0 radical (unpaired) electrons. The minimum atomic E-state index is -4.69. The third kappa shape index (κ3) is 4.18. The van der Waals surface area contributed by atoms with Gasteiger partial charge in [0.15, 0.2) is 5.78 Å². The molecule has 0 aliphatic carbocycles. The van der Waals surface area contributed by atoms with Crippen molar-refractivity contribution in [2.45, 2.75) is 38.5 Å². The largest absolute Gasteiger partial charge is 0.367 e. The van der Waals surface area contributed by atoms with Gasteiger partial charge in [-0.3, -0.25) is 14.1 Å². The van der Waals surface area contributed by atoms with Crippen LogP contribution in [0.25, 0.3) is 11.0 Å². The van der Waals surface area contributed by atoms with E-state index >= 15 is 4.39 Å². The van der Waals surface area contributed by atoms with Crippen LogP contribution in [0.1, 0.15) is 64.3 Å². The van der Waals surface area contributed by atoms with Gasteiger partial charge >= 0.3 is 0 Å². The first kappa shape index (κ1) is 23.3. The summed E-state index contributed by atoms with van der Waals surface area (Å²) in [5.74, 6) is -3.01. The van der Waals surface area contributed by atoms with Crippen LogP contribution in [0.5, 0.6) is 0 Å². The van der Waals surface area contributed by atoms with Gasteiger partial charge in [-0.2, -0.15) is 8.42 Å². The lowest BCUT2D eigenvalue weighted by Crippen LogP contribution is -2.21. The number of amides is 1. The summed E-state index contributed by atoms with van der Waals surface area (Å²) in [6.45, 7) is 5.17. The fourth-order valence-corrected chi connectivity index (χ4v) is 4.47. The SMILES string of the molecule is CCC(c1ccc(C(N)=O)c(F)c1C(=O)c1c[nH]c2ncnc(NC(C)C)c12)S(=O)(=O)O. The molecule has 0 spiro atoms. The maximum atomic E-state index is 15.4. The number of nitrogens with two attached hydrogens (primary N) is 1. The molecule has 170 valence electrons. The molecule has 32 heavy (non-hydrogen) atoms. The summed E-state index contributed by atoms with van der Waals surface area (Å²) in [6.07, 6.45) is 2.43. The predicted molar refractivity (Wildman–Crippen MR) is 116 cm³/mol. The Morgan fingerprint density at radius 1 is 1.25 bits per heavy atom. The van der Waals surface area contributed by atoms with Crippen molar-refractivity contribution >= 4 is 38.7 Å². The number of aromatic nitrogens is 3. The number of carbonyl (C=O) groups excluding carboxylic acids is 2. The number of nitrogens with zero attached hydrogens (tertiary/aromatic N) is 2. The summed E-state index contributed by atoms with van der Waals surface area (Å²) < 4.78 is 48.9. The van der Waals surface area contributed by atoms with Crippen LogP contribution in [0.3, 0.4) is 0 Å². The van der Waals surface area contributed by atoms with E-state index in [0.29, 0.717) is 11.5 Å². The van der Waals surface area contributed by atoms with Crippen molar-refractivity contribution in [1.29, 1.82) is 0 Å². The zero-order chi connectivity index (χ0) is 23.8. The van der Waals surface area contributed by atoms with E-state index in [-0.39, 0.29) is 29.0 Å². The number of rotatable bonds is 8. The van der Waals surface area contributed by atoms with Crippen LogP contribution < -0.4 is 11.1 Å². The highest BCUT2D eigenvalue weighted by Crippen LogP contribution is 2.34. The molecule has 0 saturated carbocycles. The first-order chi connectivity index (χ1) is 15.0. The molecule has 3 rings (SSSR count). The maximum absolute atomic E-state index is 15.4. The molecule has 2 aromatic heterocycles. The normalized spacial score (nSPS) is 12.8. The Morgan fingerprint density at radius 3 is 2.50 bits per heavy atom. The highest BCUT2D eigenvalue weighted by atomic mass is 32.2. The number of benzene rings is 1. The lowest BCUT2D eigenvalue weighted by Gasteiger charge is -2.18. The molecule has 0 bridgehead atoms. The predicted octanol–water partition coefficient (Wildman–Crippen LogP) is 2.59. The molecule has 0 aliphatic rings. The van der Waals surface area contributed by atoms with Crippen molar-refractivity contribution in [2.75, 3.05) is 5.32 Å². The number of carbonyl (C=O) groups is 2. The molecule has 1 unspecified atom stereocenters. The van der Waals surface area contributed by atoms with Crippen molar-refractivity contribution in [3.05, 3.63) is 52.7 Å². The topological polar surface area (TPSA) is 168 Å². The molecule has 10 nitrogen and oxygen atoms in total. The molecule has 0 saturated heterocycles. The third-order valence-corrected chi connectivity index (χ3v) is 6.19. The number of hydrogen-bond donors (Lipinski definition) is 4. The van der Waals surface area contributed by atoms with Crippen LogP contribution in [-0.2, 0) is 10.1 Å². The van der Waals surface area contributed by atoms with Crippen molar-refractivity contribution in [1.82, 2.24) is 15.0 Å². The van der Waals surface area contributed by atoms with E-state index in [0.717, 1.165) is 12.1 Å². The second-order valence-corrected chi connectivity index (χ2v) is 9.04. The average Bonchev–Trinajstić information content (AvgIpc) is 3.11. The van der Waals surface area contributed by atoms with Crippen molar-refractivity contribution in [3.63, 3.8) is 0 Å². The Labute approximate surface area is 183 Å². The number of ketones is 1. The van der Waals surface area contributed by atoms with E-state index in [9.17, 15) is 22.6 Å². The number of hydrogen-bond acceptors (Lipinski definition) is 7. The summed E-state index contributed by atoms with van der Waals surface area (Å²) in [5.41, 5.74) is 3.93. The Balaban J connectivity index is 2.33. The van der Waals surface area contributed by atoms with Gasteiger partial charge in [0.1, 0.15) is 28.9 Å². The molecule has 0 fully saturated rings. The standard InChI is InChI=1S/C20H22FN5O5S/c1-4-13(32(29,30)31)10-5-6-11(18(22)28)16(21)14(10)17(27)12-7-23-19-15(12)20(25-8-24-19)26-9(2)3/h5-9,13H,4H2,1-3H3,(H2,22,28)(H,29,30,31)(H2,23,24,25,26). The van der Waals surface area contributed by atoms with Gasteiger partial charge in [-0.15, -0.1) is 0 Å². The first-order valence-corrected chi connectivity index (χ1v) is 11.2. The van der Waals surface area contributed by atoms with Gasteiger partial charge in [0, 0.05) is 12.2 Å². The number of anilines is 1. The molecule has 1 atom stereocenters. The molecule has 12 heteroatoms. The highest BCUT2D eigenvalue weighted by molar-refractivity contribution is 7.86. The Hall–Kier alpha value is -3.38. The van der Waals surface area contributed by atoms with Gasteiger partial charge in [-0.05, 0) is 31.9 Å². The lowest BCUT2D eigenvalue weighted by molar-refractivity contribution is 0.0996. The summed E-state index contributed by atoms with van der Waals surface area (Å²) in [4.78, 5) is 36.2. The van der Waals surface area contributed by atoms with E-state index in [1.807, 2.05) is 13.8 Å². The Kier molecular flexibility index (Phi) is 6.28. The number of fused-ring (bicyclic) bond motifs is 1. The van der Waals surface area contributed by atoms with Crippen molar-refractivity contribution in [3.8, 4) is 0 Å². The zero-order valence-electron chi connectivity index (χ0n) is 17.5. The molecular formula is C20H22FN5O5S. The molecule has 1 amide bonds. The van der Waals surface area contributed by atoms with Crippen LogP contribution in [0, 0.1) is 5.82 Å². The van der Waals surface area contributed by atoms with Crippen LogP contribution in [0.15, 0.2) is 24.7 Å². The minimum absolute atomic E-state index is 0.0456. The van der Waals surface area contributed by atoms with Crippen molar-refractivity contribution in [2.24, 2.45) is 5.73 Å². The second kappa shape index (κ2) is 8.63. The number of nitrogens with one attached hydrogen (secondary N) is 2. The summed E-state index contributed by atoms with van der Waals surface area (Å²) >= 11 is 0. The molecule has 2 heterocycles. The molecule has 1 aromatic carbocycles. The number of aromatic amines is 1. The van der Waals surface area contributed by atoms with Crippen LogP contribution in [0.4, 0.5) is 10.2 Å². The fraction of sp³-hybridized carbons (Fsp3) is 0.300. The zero-order valence-corrected chi connectivity index (χ0v) is 18.3. The summed E-state index contributed by atoms with van der Waals surface area (Å²) in [6, 6.07) is 2.04. The van der Waals surface area contributed by atoms with Crippen LogP contribution in [-0.4, -0.2) is 45.7 Å². The van der Waals surface area contributed by atoms with Gasteiger partial charge in [0.05, 0.1) is 22.1 Å². The van der Waals surface area contributed by atoms with E-state index in [2.05, 4.69) is 20.3 Å².